The van der Waals surface area contributed by atoms with Crippen molar-refractivity contribution in [3.63, 3.8) is 0 Å². The molecule has 0 unspecified atom stereocenters. The van der Waals surface area contributed by atoms with Gasteiger partial charge in [0.25, 0.3) is 5.91 Å². The fourth-order valence-corrected chi connectivity index (χ4v) is 3.03. The fourth-order valence-electron chi connectivity index (χ4n) is 3.03. The van der Waals surface area contributed by atoms with Crippen molar-refractivity contribution < 1.29 is 19.1 Å². The molecule has 3 N–H and O–H groups in total. The molecule has 31 heavy (non-hydrogen) atoms. The Kier molecular flexibility index (Phi) is 7.61. The molecule has 0 saturated carbocycles. The van der Waals surface area contributed by atoms with Gasteiger partial charge in [0.2, 0.25) is 11.8 Å². The first-order valence-corrected chi connectivity index (χ1v) is 10.3. The molecule has 2 aromatic carbocycles. The van der Waals surface area contributed by atoms with Crippen LogP contribution < -0.4 is 16.0 Å². The summed E-state index contributed by atoms with van der Waals surface area (Å²) in [6, 6.07) is 14.1. The number of hydrogen-bond donors (Lipinski definition) is 3. The topological polar surface area (TPSA) is 99.8 Å². The Morgan fingerprint density at radius 2 is 1.58 bits per heavy atom. The Hall–Kier alpha value is -3.39. The highest BCUT2D eigenvalue weighted by molar-refractivity contribution is 5.96. The Balaban J connectivity index is 1.49. The number of carbonyl (C=O) groups is 3. The zero-order chi connectivity index (χ0) is 22.2. The minimum absolute atomic E-state index is 0.0166. The van der Waals surface area contributed by atoms with Crippen LogP contribution in [0.25, 0.3) is 0 Å². The first-order valence-electron chi connectivity index (χ1n) is 10.3. The van der Waals surface area contributed by atoms with E-state index >= 15 is 0 Å². The SMILES string of the molecule is CC(C)C(=O)Nc1cccc(NC(=O)CNc2ccc(C(=O)N3CCOCC3)cc2)c1. The van der Waals surface area contributed by atoms with Crippen LogP contribution in [-0.2, 0) is 14.3 Å². The highest BCUT2D eigenvalue weighted by Gasteiger charge is 2.18. The second-order valence-corrected chi connectivity index (χ2v) is 7.61. The van der Waals surface area contributed by atoms with Gasteiger partial charge in [0.05, 0.1) is 19.8 Å². The quantitative estimate of drug-likeness (QED) is 0.635. The van der Waals surface area contributed by atoms with Crippen LogP contribution in [0.4, 0.5) is 17.1 Å². The zero-order valence-electron chi connectivity index (χ0n) is 17.8. The lowest BCUT2D eigenvalue weighted by Crippen LogP contribution is -2.40. The third-order valence-electron chi connectivity index (χ3n) is 4.82. The van der Waals surface area contributed by atoms with E-state index in [1.165, 1.54) is 0 Å². The number of morpholine rings is 1. The Bertz CT molecular complexity index is 921. The maximum Gasteiger partial charge on any atom is 0.254 e. The molecule has 0 aromatic heterocycles. The number of nitrogens with one attached hydrogen (secondary N) is 3. The lowest BCUT2D eigenvalue weighted by atomic mass is 10.1. The molecule has 1 aliphatic rings. The summed E-state index contributed by atoms with van der Waals surface area (Å²) in [5.74, 6) is -0.448. The third kappa shape index (κ3) is 6.55. The van der Waals surface area contributed by atoms with Gasteiger partial charge in [-0.05, 0) is 42.5 Å². The molecule has 0 spiro atoms. The van der Waals surface area contributed by atoms with Crippen molar-refractivity contribution in [2.24, 2.45) is 5.92 Å². The molecule has 1 fully saturated rings. The highest BCUT2D eigenvalue weighted by Crippen LogP contribution is 2.16. The van der Waals surface area contributed by atoms with E-state index in [1.54, 1.807) is 53.4 Å². The summed E-state index contributed by atoms with van der Waals surface area (Å²) in [6.07, 6.45) is 0. The molecule has 3 rings (SSSR count). The number of hydrogen-bond acceptors (Lipinski definition) is 5. The van der Waals surface area contributed by atoms with Crippen LogP contribution in [0.1, 0.15) is 24.2 Å². The van der Waals surface area contributed by atoms with Gasteiger partial charge in [0.1, 0.15) is 0 Å². The Labute approximate surface area is 182 Å². The Morgan fingerprint density at radius 3 is 2.23 bits per heavy atom. The van der Waals surface area contributed by atoms with E-state index in [1.807, 2.05) is 13.8 Å². The maximum absolute atomic E-state index is 12.5. The van der Waals surface area contributed by atoms with Crippen molar-refractivity contribution in [1.29, 1.82) is 0 Å². The molecular formula is C23H28N4O4. The molecule has 0 aliphatic carbocycles. The molecule has 0 atom stereocenters. The summed E-state index contributed by atoms with van der Waals surface area (Å²) < 4.78 is 5.27. The normalized spacial score (nSPS) is 13.6. The molecule has 8 heteroatoms. The second-order valence-electron chi connectivity index (χ2n) is 7.61. The highest BCUT2D eigenvalue weighted by atomic mass is 16.5. The zero-order valence-corrected chi connectivity index (χ0v) is 17.8. The smallest absolute Gasteiger partial charge is 0.254 e. The fraction of sp³-hybridized carbons (Fsp3) is 0.348. The summed E-state index contributed by atoms with van der Waals surface area (Å²) in [4.78, 5) is 38.3. The van der Waals surface area contributed by atoms with Gasteiger partial charge >= 0.3 is 0 Å². The van der Waals surface area contributed by atoms with E-state index in [0.717, 1.165) is 5.69 Å². The number of nitrogens with zero attached hydrogens (tertiary/aromatic N) is 1. The maximum atomic E-state index is 12.5. The molecular weight excluding hydrogens is 396 g/mol. The van der Waals surface area contributed by atoms with Crippen molar-refractivity contribution >= 4 is 34.8 Å². The summed E-state index contributed by atoms with van der Waals surface area (Å²) in [5, 5.41) is 8.65. The van der Waals surface area contributed by atoms with E-state index < -0.39 is 0 Å². The molecule has 8 nitrogen and oxygen atoms in total. The van der Waals surface area contributed by atoms with Crippen molar-refractivity contribution in [1.82, 2.24) is 4.90 Å². The predicted molar refractivity (Wildman–Crippen MR) is 120 cm³/mol. The summed E-state index contributed by atoms with van der Waals surface area (Å²) in [6.45, 7) is 6.03. The van der Waals surface area contributed by atoms with Crippen molar-refractivity contribution in [3.05, 3.63) is 54.1 Å². The van der Waals surface area contributed by atoms with Crippen molar-refractivity contribution in [2.45, 2.75) is 13.8 Å². The van der Waals surface area contributed by atoms with Gasteiger partial charge in [-0.1, -0.05) is 19.9 Å². The molecule has 3 amide bonds. The number of anilines is 3. The van der Waals surface area contributed by atoms with E-state index in [9.17, 15) is 14.4 Å². The van der Waals surface area contributed by atoms with Gasteiger partial charge in [0.15, 0.2) is 0 Å². The number of carbonyl (C=O) groups excluding carboxylic acids is 3. The Morgan fingerprint density at radius 1 is 0.935 bits per heavy atom. The summed E-state index contributed by atoms with van der Waals surface area (Å²) >= 11 is 0. The van der Waals surface area contributed by atoms with Crippen LogP contribution in [0.15, 0.2) is 48.5 Å². The molecule has 1 saturated heterocycles. The lowest BCUT2D eigenvalue weighted by Gasteiger charge is -2.26. The van der Waals surface area contributed by atoms with Gasteiger partial charge in [-0.15, -0.1) is 0 Å². The summed E-state index contributed by atoms with van der Waals surface area (Å²) in [5.41, 5.74) is 2.58. The van der Waals surface area contributed by atoms with Gasteiger partial charge in [-0.2, -0.15) is 0 Å². The van der Waals surface area contributed by atoms with Gasteiger partial charge in [-0.25, -0.2) is 0 Å². The first-order chi connectivity index (χ1) is 14.9. The molecule has 1 heterocycles. The van der Waals surface area contributed by atoms with E-state index in [4.69, 9.17) is 4.74 Å². The van der Waals surface area contributed by atoms with Crippen molar-refractivity contribution in [3.8, 4) is 0 Å². The summed E-state index contributed by atoms with van der Waals surface area (Å²) in [7, 11) is 0. The van der Waals surface area contributed by atoms with Crippen LogP contribution in [0.2, 0.25) is 0 Å². The molecule has 1 aliphatic heterocycles. The van der Waals surface area contributed by atoms with Crippen LogP contribution in [0.5, 0.6) is 0 Å². The number of amides is 3. The third-order valence-corrected chi connectivity index (χ3v) is 4.82. The van der Waals surface area contributed by atoms with Gasteiger partial charge in [-0.3, -0.25) is 14.4 Å². The minimum atomic E-state index is -0.221. The van der Waals surface area contributed by atoms with Gasteiger partial charge in [0, 0.05) is 41.6 Å². The van der Waals surface area contributed by atoms with E-state index in [2.05, 4.69) is 16.0 Å². The average molecular weight is 425 g/mol. The van der Waals surface area contributed by atoms with Gasteiger partial charge < -0.3 is 25.6 Å². The number of rotatable bonds is 7. The van der Waals surface area contributed by atoms with Crippen molar-refractivity contribution in [2.75, 3.05) is 48.8 Å². The average Bonchev–Trinajstić information content (AvgIpc) is 2.78. The standard InChI is InChI=1S/C23H28N4O4/c1-16(2)22(29)26-20-5-3-4-19(14-20)25-21(28)15-24-18-8-6-17(7-9-18)23(30)27-10-12-31-13-11-27/h3-9,14,16,24H,10-13,15H2,1-2H3,(H,25,28)(H,26,29). The molecule has 0 radical (unpaired) electrons. The van der Waals surface area contributed by atoms with Crippen LogP contribution in [0, 0.1) is 5.92 Å². The molecule has 0 bridgehead atoms. The van der Waals surface area contributed by atoms with E-state index in [-0.39, 0.29) is 30.2 Å². The van der Waals surface area contributed by atoms with Crippen LogP contribution >= 0.6 is 0 Å². The lowest BCUT2D eigenvalue weighted by molar-refractivity contribution is -0.119. The first kappa shape index (κ1) is 22.3. The van der Waals surface area contributed by atoms with Crippen LogP contribution in [-0.4, -0.2) is 55.5 Å². The van der Waals surface area contributed by atoms with E-state index in [0.29, 0.717) is 43.2 Å². The number of benzene rings is 2. The predicted octanol–water partition coefficient (Wildman–Crippen LogP) is 2.80. The number of ether oxygens (including phenoxy) is 1. The second kappa shape index (κ2) is 10.6. The van der Waals surface area contributed by atoms with Crippen LogP contribution in [0.3, 0.4) is 0 Å². The largest absolute Gasteiger partial charge is 0.378 e. The monoisotopic (exact) mass is 424 g/mol. The minimum Gasteiger partial charge on any atom is -0.378 e. The molecule has 2 aromatic rings. The molecule has 164 valence electrons.